The number of carbonyl (C=O) groups excluding carboxylic acids is 1. The standard InChI is InChI=1S/C14H20O2S2/c1-17-18-14(15)16-12-8-3-2-5-9-13-10-6-4-7-11-13/h4,6-7,10-11H,2-3,5,8-9,12H2,1H3. The van der Waals surface area contributed by atoms with Gasteiger partial charge in [-0.05, 0) is 31.1 Å². The van der Waals surface area contributed by atoms with E-state index < -0.39 is 0 Å². The summed E-state index contributed by atoms with van der Waals surface area (Å²) in [5, 5.41) is -0.174. The van der Waals surface area contributed by atoms with E-state index in [0.29, 0.717) is 6.61 Å². The number of hydrogen-bond acceptors (Lipinski definition) is 4. The second-order valence-corrected chi connectivity index (χ2v) is 6.33. The van der Waals surface area contributed by atoms with E-state index in [1.54, 1.807) is 0 Å². The van der Waals surface area contributed by atoms with E-state index in [4.69, 9.17) is 4.74 Å². The van der Waals surface area contributed by atoms with Gasteiger partial charge in [0.1, 0.15) is 0 Å². The predicted octanol–water partition coefficient (Wildman–Crippen LogP) is 4.94. The molecular formula is C14H20O2S2. The number of aryl methyl sites for hydroxylation is 1. The molecule has 0 amide bonds. The van der Waals surface area contributed by atoms with Gasteiger partial charge >= 0.3 is 5.30 Å². The number of rotatable bonds is 8. The van der Waals surface area contributed by atoms with Crippen molar-refractivity contribution < 1.29 is 9.53 Å². The van der Waals surface area contributed by atoms with E-state index in [1.807, 2.05) is 12.3 Å². The molecule has 0 aliphatic rings. The van der Waals surface area contributed by atoms with Gasteiger partial charge in [0.05, 0.1) is 6.61 Å². The lowest BCUT2D eigenvalue weighted by atomic mass is 10.1. The minimum Gasteiger partial charge on any atom is -0.457 e. The SMILES string of the molecule is CSSC(=O)OCCCCCCc1ccccc1. The van der Waals surface area contributed by atoms with Crippen LogP contribution in [0.4, 0.5) is 4.79 Å². The van der Waals surface area contributed by atoms with Crippen LogP contribution >= 0.6 is 21.6 Å². The number of unbranched alkanes of at least 4 members (excludes halogenated alkanes) is 3. The van der Waals surface area contributed by atoms with Gasteiger partial charge in [0.2, 0.25) is 0 Å². The van der Waals surface area contributed by atoms with Crippen LogP contribution in [-0.4, -0.2) is 18.2 Å². The van der Waals surface area contributed by atoms with Crippen molar-refractivity contribution in [1.29, 1.82) is 0 Å². The van der Waals surface area contributed by atoms with Crippen molar-refractivity contribution >= 4 is 26.9 Å². The van der Waals surface area contributed by atoms with E-state index >= 15 is 0 Å². The highest BCUT2D eigenvalue weighted by molar-refractivity contribution is 8.81. The van der Waals surface area contributed by atoms with Crippen molar-refractivity contribution in [2.24, 2.45) is 0 Å². The number of ether oxygens (including phenoxy) is 1. The molecule has 4 heteroatoms. The second-order valence-electron chi connectivity index (χ2n) is 4.00. The van der Waals surface area contributed by atoms with Crippen LogP contribution in [0.5, 0.6) is 0 Å². The van der Waals surface area contributed by atoms with E-state index in [2.05, 4.69) is 24.3 Å². The van der Waals surface area contributed by atoms with Crippen LogP contribution < -0.4 is 0 Å². The molecule has 0 N–H and O–H groups in total. The van der Waals surface area contributed by atoms with Gasteiger partial charge in [0.25, 0.3) is 0 Å². The molecule has 0 fully saturated rings. The number of carbonyl (C=O) groups is 1. The zero-order valence-corrected chi connectivity index (χ0v) is 12.4. The van der Waals surface area contributed by atoms with Crippen LogP contribution in [-0.2, 0) is 11.2 Å². The first-order chi connectivity index (χ1) is 8.83. The molecule has 0 saturated carbocycles. The highest BCUT2D eigenvalue weighted by atomic mass is 33.1. The molecule has 100 valence electrons. The Morgan fingerprint density at radius 3 is 2.56 bits per heavy atom. The third kappa shape index (κ3) is 7.67. The molecule has 0 radical (unpaired) electrons. The van der Waals surface area contributed by atoms with Gasteiger partial charge in [0.15, 0.2) is 0 Å². The quantitative estimate of drug-likeness (QED) is 0.384. The summed E-state index contributed by atoms with van der Waals surface area (Å²) in [4.78, 5) is 11.0. The van der Waals surface area contributed by atoms with Crippen molar-refractivity contribution in [3.8, 4) is 0 Å². The summed E-state index contributed by atoms with van der Waals surface area (Å²) in [7, 11) is 2.57. The molecule has 0 unspecified atom stereocenters. The molecule has 1 aromatic rings. The smallest absolute Gasteiger partial charge is 0.378 e. The van der Waals surface area contributed by atoms with Gasteiger partial charge < -0.3 is 4.74 Å². The lowest BCUT2D eigenvalue weighted by Crippen LogP contribution is -1.98. The summed E-state index contributed by atoms with van der Waals surface area (Å²) in [5.74, 6) is 0. The molecule has 0 bridgehead atoms. The Balaban J connectivity index is 1.92. The van der Waals surface area contributed by atoms with Crippen LogP contribution in [0, 0.1) is 0 Å². The topological polar surface area (TPSA) is 26.3 Å². The van der Waals surface area contributed by atoms with Crippen LogP contribution in [0.2, 0.25) is 0 Å². The summed E-state index contributed by atoms with van der Waals surface area (Å²) in [6, 6.07) is 10.5. The maximum atomic E-state index is 11.0. The van der Waals surface area contributed by atoms with Crippen molar-refractivity contribution in [3.63, 3.8) is 0 Å². The zero-order chi connectivity index (χ0) is 13.1. The normalized spacial score (nSPS) is 10.3. The summed E-state index contributed by atoms with van der Waals surface area (Å²) in [6.07, 6.45) is 7.51. The van der Waals surface area contributed by atoms with Gasteiger partial charge in [0, 0.05) is 10.8 Å². The molecule has 0 heterocycles. The molecule has 0 aliphatic heterocycles. The Kier molecular flexibility index (Phi) is 8.86. The maximum absolute atomic E-state index is 11.0. The van der Waals surface area contributed by atoms with Gasteiger partial charge in [-0.25, -0.2) is 4.79 Å². The van der Waals surface area contributed by atoms with Crippen LogP contribution in [0.25, 0.3) is 0 Å². The highest BCUT2D eigenvalue weighted by Gasteiger charge is 2.01. The summed E-state index contributed by atoms with van der Waals surface area (Å²) >= 11 is 0. The molecule has 0 spiro atoms. The Bertz CT molecular complexity index is 328. The second kappa shape index (κ2) is 10.3. The van der Waals surface area contributed by atoms with Crippen molar-refractivity contribution in [2.45, 2.75) is 32.1 Å². The number of hydrogen-bond donors (Lipinski definition) is 0. The Hall–Kier alpha value is -0.610. The summed E-state index contributed by atoms with van der Waals surface area (Å²) < 4.78 is 5.05. The Morgan fingerprint density at radius 1 is 1.11 bits per heavy atom. The first kappa shape index (κ1) is 15.4. The van der Waals surface area contributed by atoms with Crippen molar-refractivity contribution in [2.75, 3.05) is 12.9 Å². The van der Waals surface area contributed by atoms with Crippen molar-refractivity contribution in [3.05, 3.63) is 35.9 Å². The zero-order valence-electron chi connectivity index (χ0n) is 10.8. The lowest BCUT2D eigenvalue weighted by molar-refractivity contribution is 0.173. The fraction of sp³-hybridized carbons (Fsp3) is 0.500. The predicted molar refractivity (Wildman–Crippen MR) is 81.1 cm³/mol. The summed E-state index contributed by atoms with van der Waals surface area (Å²) in [5.41, 5.74) is 1.40. The van der Waals surface area contributed by atoms with Gasteiger partial charge in [-0.3, -0.25) is 0 Å². The highest BCUT2D eigenvalue weighted by Crippen LogP contribution is 2.19. The molecule has 18 heavy (non-hydrogen) atoms. The van der Waals surface area contributed by atoms with Crippen molar-refractivity contribution in [1.82, 2.24) is 0 Å². The maximum Gasteiger partial charge on any atom is 0.378 e. The fourth-order valence-corrected chi connectivity index (χ4v) is 2.50. The first-order valence-corrected chi connectivity index (χ1v) is 8.80. The first-order valence-electron chi connectivity index (χ1n) is 6.24. The van der Waals surface area contributed by atoms with E-state index in [1.165, 1.54) is 29.2 Å². The summed E-state index contributed by atoms with van der Waals surface area (Å²) in [6.45, 7) is 0.553. The minimum absolute atomic E-state index is 0.174. The third-order valence-electron chi connectivity index (χ3n) is 2.57. The van der Waals surface area contributed by atoms with Gasteiger partial charge in [-0.15, -0.1) is 0 Å². The minimum atomic E-state index is -0.174. The third-order valence-corrected chi connectivity index (χ3v) is 3.90. The molecule has 0 saturated heterocycles. The Labute approximate surface area is 117 Å². The average molecular weight is 284 g/mol. The van der Waals surface area contributed by atoms with E-state index in [-0.39, 0.29) is 5.30 Å². The molecule has 0 aliphatic carbocycles. The molecule has 0 aromatic heterocycles. The van der Waals surface area contributed by atoms with Crippen LogP contribution in [0.3, 0.4) is 0 Å². The van der Waals surface area contributed by atoms with Gasteiger partial charge in [-0.1, -0.05) is 54.0 Å². The lowest BCUT2D eigenvalue weighted by Gasteiger charge is -2.03. The monoisotopic (exact) mass is 284 g/mol. The molecular weight excluding hydrogens is 264 g/mol. The Morgan fingerprint density at radius 2 is 1.83 bits per heavy atom. The molecule has 2 nitrogen and oxygen atoms in total. The van der Waals surface area contributed by atoms with Crippen LogP contribution in [0.15, 0.2) is 30.3 Å². The fourth-order valence-electron chi connectivity index (χ4n) is 1.68. The molecule has 1 rings (SSSR count). The van der Waals surface area contributed by atoms with Crippen LogP contribution in [0.1, 0.15) is 31.2 Å². The average Bonchev–Trinajstić information content (AvgIpc) is 2.39. The molecule has 1 aromatic carbocycles. The van der Waals surface area contributed by atoms with E-state index in [9.17, 15) is 4.79 Å². The number of benzene rings is 1. The largest absolute Gasteiger partial charge is 0.457 e. The van der Waals surface area contributed by atoms with Gasteiger partial charge in [-0.2, -0.15) is 0 Å². The molecule has 0 atom stereocenters. The van der Waals surface area contributed by atoms with E-state index in [0.717, 1.165) is 30.1 Å².